The number of carbonyl (C=O) groups excluding carboxylic acids is 4. The van der Waals surface area contributed by atoms with E-state index in [1.165, 1.54) is 7.11 Å². The monoisotopic (exact) mass is 559 g/mol. The number of carbonyl (C=O) groups is 4. The number of imide groups is 1. The predicted molar refractivity (Wildman–Crippen MR) is 156 cm³/mol. The van der Waals surface area contributed by atoms with Crippen molar-refractivity contribution >= 4 is 52.2 Å². The summed E-state index contributed by atoms with van der Waals surface area (Å²) in [6, 6.07) is 17.9. The fraction of sp³-hybridized carbons (Fsp3) is 0.200. The highest BCUT2D eigenvalue weighted by atomic mass is 32.2. The molecule has 0 unspecified atom stereocenters. The van der Waals surface area contributed by atoms with Gasteiger partial charge in [-0.15, -0.1) is 0 Å². The Morgan fingerprint density at radius 2 is 1.60 bits per heavy atom. The lowest BCUT2D eigenvalue weighted by atomic mass is 10.1. The van der Waals surface area contributed by atoms with Gasteiger partial charge in [0.25, 0.3) is 17.1 Å². The number of methoxy groups -OCH3 is 1. The Kier molecular flexibility index (Phi) is 8.90. The number of nitrogens with one attached hydrogen (secondary N) is 2. The molecular weight excluding hydrogens is 530 g/mol. The molecular formula is C30H29N3O6S. The summed E-state index contributed by atoms with van der Waals surface area (Å²) in [6.07, 6.45) is 1.55. The van der Waals surface area contributed by atoms with Gasteiger partial charge in [0.15, 0.2) is 18.1 Å². The fourth-order valence-electron chi connectivity index (χ4n) is 4.01. The van der Waals surface area contributed by atoms with Gasteiger partial charge in [0.05, 0.1) is 12.0 Å². The fourth-order valence-corrected chi connectivity index (χ4v) is 4.85. The van der Waals surface area contributed by atoms with Crippen LogP contribution in [0.15, 0.2) is 65.6 Å². The maximum atomic E-state index is 12.9. The van der Waals surface area contributed by atoms with Crippen molar-refractivity contribution in [3.8, 4) is 11.5 Å². The zero-order valence-electron chi connectivity index (χ0n) is 22.6. The molecule has 10 heteroatoms. The molecule has 0 aromatic heterocycles. The standard InChI is InChI=1S/C30H29N3O6S/c1-18-9-11-23(20(3)13-18)31-27(34)16-33-29(36)26(40-30(33)37)15-21-10-12-24(25(14-21)38-4)39-17-28(35)32-22-8-6-5-7-19(22)2/h5-15H,16-17H2,1-4H3,(H,31,34)(H,32,35)/b26-15-. The second-order valence-electron chi connectivity index (χ2n) is 9.20. The van der Waals surface area contributed by atoms with Crippen LogP contribution >= 0.6 is 11.8 Å². The summed E-state index contributed by atoms with van der Waals surface area (Å²) >= 11 is 0.757. The molecule has 0 aliphatic carbocycles. The summed E-state index contributed by atoms with van der Waals surface area (Å²) in [4.78, 5) is 51.5. The lowest BCUT2D eigenvalue weighted by Gasteiger charge is -2.14. The predicted octanol–water partition coefficient (Wildman–Crippen LogP) is 5.31. The first-order chi connectivity index (χ1) is 19.1. The molecule has 4 amide bonds. The zero-order valence-corrected chi connectivity index (χ0v) is 23.4. The van der Waals surface area contributed by atoms with E-state index >= 15 is 0 Å². The van der Waals surface area contributed by atoms with Gasteiger partial charge in [-0.1, -0.05) is 42.0 Å². The van der Waals surface area contributed by atoms with Crippen molar-refractivity contribution in [2.45, 2.75) is 20.8 Å². The van der Waals surface area contributed by atoms with Gasteiger partial charge >= 0.3 is 0 Å². The quantitative estimate of drug-likeness (QED) is 0.342. The number of aryl methyl sites for hydroxylation is 3. The van der Waals surface area contributed by atoms with Crippen molar-refractivity contribution in [1.29, 1.82) is 0 Å². The Bertz CT molecular complexity index is 1520. The molecule has 1 aliphatic heterocycles. The molecule has 0 saturated carbocycles. The topological polar surface area (TPSA) is 114 Å². The van der Waals surface area contributed by atoms with Gasteiger partial charge in [-0.05, 0) is 79.6 Å². The van der Waals surface area contributed by atoms with Crippen LogP contribution in [0.4, 0.5) is 16.2 Å². The molecule has 0 radical (unpaired) electrons. The highest BCUT2D eigenvalue weighted by Crippen LogP contribution is 2.34. The van der Waals surface area contributed by atoms with E-state index in [2.05, 4.69) is 10.6 Å². The van der Waals surface area contributed by atoms with Crippen LogP contribution in [0.5, 0.6) is 11.5 Å². The average molecular weight is 560 g/mol. The lowest BCUT2D eigenvalue weighted by Crippen LogP contribution is -2.36. The molecule has 4 rings (SSSR count). The minimum Gasteiger partial charge on any atom is -0.493 e. The van der Waals surface area contributed by atoms with E-state index < -0.39 is 23.6 Å². The van der Waals surface area contributed by atoms with E-state index in [-0.39, 0.29) is 17.4 Å². The van der Waals surface area contributed by atoms with Gasteiger partial charge < -0.3 is 20.1 Å². The number of anilines is 2. The van der Waals surface area contributed by atoms with E-state index in [0.29, 0.717) is 28.4 Å². The van der Waals surface area contributed by atoms with Crippen LogP contribution in [-0.4, -0.2) is 48.1 Å². The highest BCUT2D eigenvalue weighted by molar-refractivity contribution is 8.18. The van der Waals surface area contributed by atoms with E-state index in [1.54, 1.807) is 30.3 Å². The zero-order chi connectivity index (χ0) is 28.8. The number of benzene rings is 3. The van der Waals surface area contributed by atoms with Gasteiger partial charge in [0.1, 0.15) is 6.54 Å². The van der Waals surface area contributed by atoms with Crippen LogP contribution in [0.2, 0.25) is 0 Å². The van der Waals surface area contributed by atoms with Crippen LogP contribution in [0.3, 0.4) is 0 Å². The normalized spacial score (nSPS) is 13.9. The Balaban J connectivity index is 1.39. The molecule has 0 bridgehead atoms. The van der Waals surface area contributed by atoms with Gasteiger partial charge in [0, 0.05) is 11.4 Å². The van der Waals surface area contributed by atoms with Crippen LogP contribution in [0.25, 0.3) is 6.08 Å². The van der Waals surface area contributed by atoms with E-state index in [4.69, 9.17) is 9.47 Å². The van der Waals surface area contributed by atoms with Crippen molar-refractivity contribution in [1.82, 2.24) is 4.90 Å². The first-order valence-corrected chi connectivity index (χ1v) is 13.2. The molecule has 1 aliphatic rings. The van der Waals surface area contributed by atoms with Crippen LogP contribution < -0.4 is 20.1 Å². The number of thioether (sulfide) groups is 1. The first-order valence-electron chi connectivity index (χ1n) is 12.4. The summed E-state index contributed by atoms with van der Waals surface area (Å²) in [5.41, 5.74) is 4.79. The van der Waals surface area contributed by atoms with Crippen LogP contribution in [0, 0.1) is 20.8 Å². The molecule has 9 nitrogen and oxygen atoms in total. The Labute approximate surface area is 236 Å². The molecule has 3 aromatic carbocycles. The number of amides is 4. The molecule has 40 heavy (non-hydrogen) atoms. The molecule has 0 atom stereocenters. The molecule has 206 valence electrons. The molecule has 1 heterocycles. The van der Waals surface area contributed by atoms with Crippen LogP contribution in [0.1, 0.15) is 22.3 Å². The van der Waals surface area contributed by atoms with E-state index in [1.807, 2.05) is 57.2 Å². The van der Waals surface area contributed by atoms with Crippen molar-refractivity contribution < 1.29 is 28.7 Å². The molecule has 0 spiro atoms. The summed E-state index contributed by atoms with van der Waals surface area (Å²) in [7, 11) is 1.46. The number of hydrogen-bond donors (Lipinski definition) is 2. The average Bonchev–Trinajstić information content (AvgIpc) is 3.17. The highest BCUT2D eigenvalue weighted by Gasteiger charge is 2.36. The number of hydrogen-bond acceptors (Lipinski definition) is 7. The van der Waals surface area contributed by atoms with E-state index in [9.17, 15) is 19.2 Å². The van der Waals surface area contributed by atoms with Gasteiger partial charge in [0.2, 0.25) is 5.91 Å². The summed E-state index contributed by atoms with van der Waals surface area (Å²) < 4.78 is 11.1. The molecule has 1 saturated heterocycles. The Hall–Kier alpha value is -4.57. The molecule has 2 N–H and O–H groups in total. The third-order valence-corrected chi connectivity index (χ3v) is 7.00. The first kappa shape index (κ1) is 28.4. The van der Waals surface area contributed by atoms with Gasteiger partial charge in [-0.3, -0.25) is 24.1 Å². The second kappa shape index (κ2) is 12.5. The second-order valence-corrected chi connectivity index (χ2v) is 10.2. The number of rotatable bonds is 9. The third-order valence-electron chi connectivity index (χ3n) is 6.09. The van der Waals surface area contributed by atoms with Crippen molar-refractivity contribution in [2.24, 2.45) is 0 Å². The minimum absolute atomic E-state index is 0.178. The summed E-state index contributed by atoms with van der Waals surface area (Å²) in [5, 5.41) is 5.03. The largest absolute Gasteiger partial charge is 0.493 e. The number of nitrogens with zero attached hydrogens (tertiary/aromatic N) is 1. The Morgan fingerprint density at radius 3 is 2.33 bits per heavy atom. The van der Waals surface area contributed by atoms with E-state index in [0.717, 1.165) is 33.4 Å². The van der Waals surface area contributed by atoms with Crippen molar-refractivity contribution in [3.63, 3.8) is 0 Å². The lowest BCUT2D eigenvalue weighted by molar-refractivity contribution is -0.127. The minimum atomic E-state index is -0.557. The smallest absolute Gasteiger partial charge is 0.294 e. The molecule has 3 aromatic rings. The Morgan fingerprint density at radius 1 is 0.875 bits per heavy atom. The third kappa shape index (κ3) is 6.89. The molecule has 1 fully saturated rings. The van der Waals surface area contributed by atoms with Gasteiger partial charge in [-0.2, -0.15) is 0 Å². The van der Waals surface area contributed by atoms with Crippen molar-refractivity contribution in [2.75, 3.05) is 30.9 Å². The maximum Gasteiger partial charge on any atom is 0.294 e. The van der Waals surface area contributed by atoms with Crippen molar-refractivity contribution in [3.05, 3.63) is 87.8 Å². The maximum absolute atomic E-state index is 12.9. The summed E-state index contributed by atoms with van der Waals surface area (Å²) in [5.74, 6) is -0.654. The SMILES string of the molecule is COc1cc(/C=C2\SC(=O)N(CC(=O)Nc3ccc(C)cc3C)C2=O)ccc1OCC(=O)Nc1ccccc1C. The number of ether oxygens (including phenoxy) is 2. The van der Waals surface area contributed by atoms with Crippen LogP contribution in [-0.2, 0) is 14.4 Å². The summed E-state index contributed by atoms with van der Waals surface area (Å²) in [6.45, 7) is 5.10. The number of para-hydroxylation sites is 1. The van der Waals surface area contributed by atoms with Gasteiger partial charge in [-0.25, -0.2) is 0 Å².